The van der Waals surface area contributed by atoms with Crippen LogP contribution in [-0.2, 0) is 0 Å². The van der Waals surface area contributed by atoms with Crippen molar-refractivity contribution in [3.05, 3.63) is 11.6 Å². The average Bonchev–Trinajstić information content (AvgIpc) is 2.03. The fraction of sp³-hybridized carbons (Fsp3) is 0.833. The van der Waals surface area contributed by atoms with Crippen LogP contribution in [0.3, 0.4) is 0 Å². The third kappa shape index (κ3) is 3.51. The summed E-state index contributed by atoms with van der Waals surface area (Å²) in [4.78, 5) is 0. The molecule has 1 N–H and O–H groups in total. The second-order valence-electron chi connectivity index (χ2n) is 4.77. The number of rotatable bonds is 2. The van der Waals surface area contributed by atoms with E-state index in [1.54, 1.807) is 0 Å². The lowest BCUT2D eigenvalue weighted by Crippen LogP contribution is -2.24. The van der Waals surface area contributed by atoms with Gasteiger partial charge in [-0.15, -0.1) is 0 Å². The third-order valence-electron chi connectivity index (χ3n) is 2.96. The topological polar surface area (TPSA) is 20.2 Å². The molecule has 13 heavy (non-hydrogen) atoms. The number of allylic oxidation sites excluding steroid dienone is 1. The first-order chi connectivity index (χ1) is 6.09. The molecule has 3 atom stereocenters. The SMILES string of the molecule is CC(C)=CC(O)C1CCCC(C)C1. The molecule has 0 bridgehead atoms. The van der Waals surface area contributed by atoms with Crippen LogP contribution < -0.4 is 0 Å². The molecule has 0 spiro atoms. The summed E-state index contributed by atoms with van der Waals surface area (Å²) >= 11 is 0. The molecule has 0 aromatic heterocycles. The molecule has 0 aliphatic heterocycles. The van der Waals surface area contributed by atoms with Gasteiger partial charge in [-0.25, -0.2) is 0 Å². The highest BCUT2D eigenvalue weighted by Crippen LogP contribution is 2.31. The quantitative estimate of drug-likeness (QED) is 0.650. The van der Waals surface area contributed by atoms with Crippen LogP contribution in [0.2, 0.25) is 0 Å². The standard InChI is InChI=1S/C12H22O/c1-9(2)7-12(13)11-6-4-5-10(3)8-11/h7,10-13H,4-6,8H2,1-3H3. The molecule has 0 aromatic rings. The Bertz CT molecular complexity index is 180. The second-order valence-corrected chi connectivity index (χ2v) is 4.77. The second kappa shape index (κ2) is 4.80. The van der Waals surface area contributed by atoms with Gasteiger partial charge in [-0.3, -0.25) is 0 Å². The van der Waals surface area contributed by atoms with Crippen molar-refractivity contribution in [3.8, 4) is 0 Å². The fourth-order valence-corrected chi connectivity index (χ4v) is 2.27. The fourth-order valence-electron chi connectivity index (χ4n) is 2.27. The van der Waals surface area contributed by atoms with E-state index >= 15 is 0 Å². The third-order valence-corrected chi connectivity index (χ3v) is 2.96. The maximum Gasteiger partial charge on any atom is 0.0751 e. The smallest absolute Gasteiger partial charge is 0.0751 e. The first-order valence-electron chi connectivity index (χ1n) is 5.42. The van der Waals surface area contributed by atoms with Crippen molar-refractivity contribution in [1.29, 1.82) is 0 Å². The summed E-state index contributed by atoms with van der Waals surface area (Å²) in [7, 11) is 0. The van der Waals surface area contributed by atoms with Crippen LogP contribution in [0.15, 0.2) is 11.6 Å². The highest BCUT2D eigenvalue weighted by Gasteiger charge is 2.23. The van der Waals surface area contributed by atoms with Gasteiger partial charge in [0.2, 0.25) is 0 Å². The molecule has 1 nitrogen and oxygen atoms in total. The lowest BCUT2D eigenvalue weighted by atomic mass is 9.79. The number of hydrogen-bond acceptors (Lipinski definition) is 1. The molecule has 0 aromatic carbocycles. The van der Waals surface area contributed by atoms with Crippen molar-refractivity contribution in [3.63, 3.8) is 0 Å². The molecule has 1 aliphatic rings. The molecular weight excluding hydrogens is 160 g/mol. The molecular formula is C12H22O. The normalized spacial score (nSPS) is 31.1. The molecule has 0 amide bonds. The molecule has 1 saturated carbocycles. The van der Waals surface area contributed by atoms with E-state index in [4.69, 9.17) is 0 Å². The van der Waals surface area contributed by atoms with Crippen LogP contribution in [-0.4, -0.2) is 11.2 Å². The van der Waals surface area contributed by atoms with Crippen molar-refractivity contribution in [2.75, 3.05) is 0 Å². The zero-order chi connectivity index (χ0) is 9.84. The van der Waals surface area contributed by atoms with Crippen LogP contribution >= 0.6 is 0 Å². The van der Waals surface area contributed by atoms with E-state index in [1.807, 2.05) is 6.08 Å². The summed E-state index contributed by atoms with van der Waals surface area (Å²) < 4.78 is 0. The average molecular weight is 182 g/mol. The van der Waals surface area contributed by atoms with Crippen LogP contribution in [0.5, 0.6) is 0 Å². The Morgan fingerprint density at radius 3 is 2.62 bits per heavy atom. The molecule has 1 aliphatic carbocycles. The van der Waals surface area contributed by atoms with Crippen molar-refractivity contribution in [2.45, 2.75) is 52.6 Å². The Hall–Kier alpha value is -0.300. The summed E-state index contributed by atoms with van der Waals surface area (Å²) in [6.07, 6.45) is 6.84. The van der Waals surface area contributed by atoms with Gasteiger partial charge in [0.15, 0.2) is 0 Å². The van der Waals surface area contributed by atoms with E-state index in [2.05, 4.69) is 20.8 Å². The van der Waals surface area contributed by atoms with E-state index < -0.39 is 0 Å². The Kier molecular flexibility index (Phi) is 3.98. The maximum absolute atomic E-state index is 9.89. The van der Waals surface area contributed by atoms with Gasteiger partial charge < -0.3 is 5.11 Å². The van der Waals surface area contributed by atoms with Crippen LogP contribution in [0.1, 0.15) is 46.5 Å². The monoisotopic (exact) mass is 182 g/mol. The van der Waals surface area contributed by atoms with Crippen LogP contribution in [0.4, 0.5) is 0 Å². The molecule has 3 unspecified atom stereocenters. The molecule has 76 valence electrons. The summed E-state index contributed by atoms with van der Waals surface area (Å²) in [6, 6.07) is 0. The predicted octanol–water partition coefficient (Wildman–Crippen LogP) is 3.14. The van der Waals surface area contributed by atoms with Gasteiger partial charge in [0.1, 0.15) is 0 Å². The molecule has 0 heterocycles. The van der Waals surface area contributed by atoms with Gasteiger partial charge in [0.05, 0.1) is 6.10 Å². The zero-order valence-corrected chi connectivity index (χ0v) is 9.09. The Labute approximate surface area is 81.9 Å². The predicted molar refractivity (Wildman–Crippen MR) is 56.6 cm³/mol. The van der Waals surface area contributed by atoms with E-state index in [-0.39, 0.29) is 6.10 Å². The first-order valence-corrected chi connectivity index (χ1v) is 5.42. The Morgan fingerprint density at radius 2 is 2.08 bits per heavy atom. The van der Waals surface area contributed by atoms with Crippen molar-refractivity contribution in [1.82, 2.24) is 0 Å². The van der Waals surface area contributed by atoms with Gasteiger partial charge in [0.25, 0.3) is 0 Å². The number of aliphatic hydroxyl groups is 1. The van der Waals surface area contributed by atoms with Crippen molar-refractivity contribution < 1.29 is 5.11 Å². The van der Waals surface area contributed by atoms with Crippen molar-refractivity contribution in [2.24, 2.45) is 11.8 Å². The molecule has 1 fully saturated rings. The summed E-state index contributed by atoms with van der Waals surface area (Å²) in [5, 5.41) is 9.89. The van der Waals surface area contributed by atoms with Gasteiger partial charge in [-0.05, 0) is 38.5 Å². The van der Waals surface area contributed by atoms with Crippen LogP contribution in [0.25, 0.3) is 0 Å². The summed E-state index contributed by atoms with van der Waals surface area (Å²) in [5.74, 6) is 1.32. The largest absolute Gasteiger partial charge is 0.389 e. The van der Waals surface area contributed by atoms with E-state index in [0.29, 0.717) is 5.92 Å². The van der Waals surface area contributed by atoms with Crippen LogP contribution in [0, 0.1) is 11.8 Å². The van der Waals surface area contributed by atoms with Gasteiger partial charge in [0, 0.05) is 0 Å². The van der Waals surface area contributed by atoms with E-state index in [0.717, 1.165) is 5.92 Å². The molecule has 1 rings (SSSR count). The van der Waals surface area contributed by atoms with Gasteiger partial charge in [-0.1, -0.05) is 31.4 Å². The molecule has 0 radical (unpaired) electrons. The van der Waals surface area contributed by atoms with E-state index in [1.165, 1.54) is 31.3 Å². The minimum Gasteiger partial charge on any atom is -0.389 e. The number of hydrogen-bond donors (Lipinski definition) is 1. The van der Waals surface area contributed by atoms with Gasteiger partial charge in [-0.2, -0.15) is 0 Å². The minimum atomic E-state index is -0.201. The maximum atomic E-state index is 9.89. The zero-order valence-electron chi connectivity index (χ0n) is 9.09. The van der Waals surface area contributed by atoms with Gasteiger partial charge >= 0.3 is 0 Å². The van der Waals surface area contributed by atoms with E-state index in [9.17, 15) is 5.11 Å². The lowest BCUT2D eigenvalue weighted by Gasteiger charge is -2.29. The highest BCUT2D eigenvalue weighted by molar-refractivity contribution is 5.00. The van der Waals surface area contributed by atoms with Crippen molar-refractivity contribution >= 4 is 0 Å². The minimum absolute atomic E-state index is 0.201. The summed E-state index contributed by atoms with van der Waals surface area (Å²) in [6.45, 7) is 6.40. The lowest BCUT2D eigenvalue weighted by molar-refractivity contribution is 0.108. The Morgan fingerprint density at radius 1 is 1.38 bits per heavy atom. The molecule has 1 heteroatoms. The number of aliphatic hydroxyl groups excluding tert-OH is 1. The first kappa shape index (κ1) is 10.8. The summed E-state index contributed by atoms with van der Waals surface area (Å²) in [5.41, 5.74) is 1.23. The molecule has 0 saturated heterocycles. The highest BCUT2D eigenvalue weighted by atomic mass is 16.3. The Balaban J connectivity index is 2.46.